The SMILES string of the molecule is CN1CCOC2=CC(=O)C(=O)C=C21. The molecule has 1 heterocycles. The zero-order valence-corrected chi connectivity index (χ0v) is 7.24. The molecule has 1 aliphatic heterocycles. The molecule has 0 spiro atoms. The highest BCUT2D eigenvalue weighted by molar-refractivity contribution is 6.46. The van der Waals surface area contributed by atoms with Crippen LogP contribution in [0.5, 0.6) is 0 Å². The fourth-order valence-electron chi connectivity index (χ4n) is 1.36. The van der Waals surface area contributed by atoms with Gasteiger partial charge in [0.05, 0.1) is 12.2 Å². The van der Waals surface area contributed by atoms with Gasteiger partial charge in [-0.05, 0) is 0 Å². The molecule has 68 valence electrons. The van der Waals surface area contributed by atoms with Gasteiger partial charge in [0, 0.05) is 19.2 Å². The normalized spacial score (nSPS) is 21.8. The number of ketones is 2. The van der Waals surface area contributed by atoms with Gasteiger partial charge in [0.1, 0.15) is 12.4 Å². The summed E-state index contributed by atoms with van der Waals surface area (Å²) < 4.78 is 5.25. The zero-order chi connectivity index (χ0) is 9.42. The van der Waals surface area contributed by atoms with Crippen molar-refractivity contribution < 1.29 is 14.3 Å². The minimum atomic E-state index is -0.506. The van der Waals surface area contributed by atoms with Crippen molar-refractivity contribution in [1.82, 2.24) is 4.90 Å². The third kappa shape index (κ3) is 1.24. The number of carbonyl (C=O) groups excluding carboxylic acids is 2. The molecule has 0 aromatic carbocycles. The van der Waals surface area contributed by atoms with E-state index in [2.05, 4.69) is 0 Å². The first-order valence-electron chi connectivity index (χ1n) is 4.04. The molecule has 0 amide bonds. The summed E-state index contributed by atoms with van der Waals surface area (Å²) in [6.45, 7) is 1.30. The van der Waals surface area contributed by atoms with Crippen molar-refractivity contribution in [3.63, 3.8) is 0 Å². The van der Waals surface area contributed by atoms with E-state index in [-0.39, 0.29) is 0 Å². The van der Waals surface area contributed by atoms with Crippen LogP contribution in [0.3, 0.4) is 0 Å². The Morgan fingerprint density at radius 1 is 1.31 bits per heavy atom. The van der Waals surface area contributed by atoms with Gasteiger partial charge in [-0.15, -0.1) is 0 Å². The van der Waals surface area contributed by atoms with Gasteiger partial charge in [-0.3, -0.25) is 9.59 Å². The van der Waals surface area contributed by atoms with Gasteiger partial charge < -0.3 is 9.64 Å². The largest absolute Gasteiger partial charge is 0.489 e. The highest BCUT2D eigenvalue weighted by atomic mass is 16.5. The van der Waals surface area contributed by atoms with Crippen molar-refractivity contribution >= 4 is 11.6 Å². The molecule has 2 aliphatic rings. The van der Waals surface area contributed by atoms with E-state index in [0.29, 0.717) is 18.1 Å². The number of rotatable bonds is 0. The summed E-state index contributed by atoms with van der Waals surface area (Å²) in [6.07, 6.45) is 2.59. The highest BCUT2D eigenvalue weighted by Gasteiger charge is 2.26. The molecule has 0 radical (unpaired) electrons. The molecule has 0 saturated carbocycles. The maximum Gasteiger partial charge on any atom is 0.229 e. The number of hydrogen-bond donors (Lipinski definition) is 0. The smallest absolute Gasteiger partial charge is 0.229 e. The third-order valence-corrected chi connectivity index (χ3v) is 2.12. The van der Waals surface area contributed by atoms with Crippen LogP contribution < -0.4 is 0 Å². The van der Waals surface area contributed by atoms with Crippen LogP contribution >= 0.6 is 0 Å². The first-order chi connectivity index (χ1) is 6.18. The van der Waals surface area contributed by atoms with Crippen LogP contribution in [0.15, 0.2) is 23.6 Å². The van der Waals surface area contributed by atoms with E-state index in [0.717, 1.165) is 6.54 Å². The van der Waals surface area contributed by atoms with Crippen molar-refractivity contribution in [1.29, 1.82) is 0 Å². The van der Waals surface area contributed by atoms with Crippen molar-refractivity contribution in [3.05, 3.63) is 23.6 Å². The number of allylic oxidation sites excluding steroid dienone is 2. The first-order valence-corrected chi connectivity index (χ1v) is 4.04. The molecule has 13 heavy (non-hydrogen) atoms. The fraction of sp³-hybridized carbons (Fsp3) is 0.333. The molecule has 0 N–H and O–H groups in total. The topological polar surface area (TPSA) is 46.6 Å². The second kappa shape index (κ2) is 2.73. The summed E-state index contributed by atoms with van der Waals surface area (Å²) in [4.78, 5) is 23.9. The van der Waals surface area contributed by atoms with Gasteiger partial charge in [-0.25, -0.2) is 0 Å². The monoisotopic (exact) mass is 179 g/mol. The number of hydrogen-bond acceptors (Lipinski definition) is 4. The van der Waals surface area contributed by atoms with Crippen LogP contribution in [0.25, 0.3) is 0 Å². The quantitative estimate of drug-likeness (QED) is 0.384. The molecule has 1 aliphatic carbocycles. The second-order valence-electron chi connectivity index (χ2n) is 3.04. The molecule has 4 heteroatoms. The lowest BCUT2D eigenvalue weighted by Gasteiger charge is -2.30. The van der Waals surface area contributed by atoms with E-state index in [9.17, 15) is 9.59 Å². The van der Waals surface area contributed by atoms with Gasteiger partial charge in [0.15, 0.2) is 0 Å². The highest BCUT2D eigenvalue weighted by Crippen LogP contribution is 2.22. The number of carbonyl (C=O) groups is 2. The van der Waals surface area contributed by atoms with E-state index in [4.69, 9.17) is 4.74 Å². The molecular formula is C9H9NO3. The van der Waals surface area contributed by atoms with Gasteiger partial charge in [-0.1, -0.05) is 0 Å². The van der Waals surface area contributed by atoms with Crippen LogP contribution in [0.2, 0.25) is 0 Å². The number of morpholine rings is 1. The fourth-order valence-corrected chi connectivity index (χ4v) is 1.36. The summed E-state index contributed by atoms with van der Waals surface area (Å²) in [6, 6.07) is 0. The summed E-state index contributed by atoms with van der Waals surface area (Å²) >= 11 is 0. The van der Waals surface area contributed by atoms with Gasteiger partial charge in [0.2, 0.25) is 11.6 Å². The van der Waals surface area contributed by atoms with Gasteiger partial charge in [0.25, 0.3) is 0 Å². The molecule has 4 nitrogen and oxygen atoms in total. The number of likely N-dealkylation sites (N-methyl/N-ethyl adjacent to an activating group) is 1. The molecule has 1 saturated heterocycles. The van der Waals surface area contributed by atoms with Crippen molar-refractivity contribution in [3.8, 4) is 0 Å². The Bertz CT molecular complexity index is 341. The lowest BCUT2D eigenvalue weighted by Crippen LogP contribution is -2.33. The third-order valence-electron chi connectivity index (χ3n) is 2.12. The maximum atomic E-state index is 11.0. The summed E-state index contributed by atoms with van der Waals surface area (Å²) in [7, 11) is 1.87. The van der Waals surface area contributed by atoms with Crippen LogP contribution in [0.1, 0.15) is 0 Å². The standard InChI is InChI=1S/C9H9NO3/c1-10-2-3-13-9-5-8(12)7(11)4-6(9)10/h4-5H,2-3H2,1H3. The molecule has 0 aromatic heterocycles. The Morgan fingerprint density at radius 3 is 2.77 bits per heavy atom. The molecule has 0 bridgehead atoms. The lowest BCUT2D eigenvalue weighted by atomic mass is 10.1. The molecule has 0 unspecified atom stereocenters. The van der Waals surface area contributed by atoms with Crippen molar-refractivity contribution in [2.24, 2.45) is 0 Å². The van der Waals surface area contributed by atoms with Crippen molar-refractivity contribution in [2.45, 2.75) is 0 Å². The lowest BCUT2D eigenvalue weighted by molar-refractivity contribution is -0.131. The number of fused-ring (bicyclic) bond motifs is 1. The van der Waals surface area contributed by atoms with E-state index in [1.54, 1.807) is 0 Å². The Hall–Kier alpha value is -1.58. The summed E-state index contributed by atoms with van der Waals surface area (Å²) in [5, 5.41) is 0. The Kier molecular flexibility index (Phi) is 1.69. The average molecular weight is 179 g/mol. The van der Waals surface area contributed by atoms with E-state index < -0.39 is 11.6 Å². The Balaban J connectivity index is 2.39. The average Bonchev–Trinajstić information content (AvgIpc) is 2.09. The minimum Gasteiger partial charge on any atom is -0.489 e. The molecule has 0 aromatic rings. The predicted octanol–water partition coefficient (Wildman–Crippen LogP) is -0.132. The summed E-state index contributed by atoms with van der Waals surface area (Å²) in [5.41, 5.74) is 0.704. The van der Waals surface area contributed by atoms with Crippen LogP contribution in [0, 0.1) is 0 Å². The predicted molar refractivity (Wildman–Crippen MR) is 44.8 cm³/mol. The van der Waals surface area contributed by atoms with Crippen LogP contribution in [-0.4, -0.2) is 36.7 Å². The minimum absolute atomic E-state index is 0.476. The Morgan fingerprint density at radius 2 is 2.00 bits per heavy atom. The molecular weight excluding hydrogens is 170 g/mol. The summed E-state index contributed by atoms with van der Waals surface area (Å²) in [5.74, 6) is -0.469. The van der Waals surface area contributed by atoms with Crippen molar-refractivity contribution in [2.75, 3.05) is 20.2 Å². The number of ether oxygens (including phenoxy) is 1. The van der Waals surface area contributed by atoms with Crippen LogP contribution in [-0.2, 0) is 14.3 Å². The van der Waals surface area contributed by atoms with E-state index in [1.165, 1.54) is 12.2 Å². The maximum absolute atomic E-state index is 11.0. The second-order valence-corrected chi connectivity index (χ2v) is 3.04. The van der Waals surface area contributed by atoms with E-state index in [1.807, 2.05) is 11.9 Å². The van der Waals surface area contributed by atoms with E-state index >= 15 is 0 Å². The molecule has 1 fully saturated rings. The van der Waals surface area contributed by atoms with Gasteiger partial charge >= 0.3 is 0 Å². The Labute approximate surface area is 75.5 Å². The molecule has 0 atom stereocenters. The van der Waals surface area contributed by atoms with Crippen LogP contribution in [0.4, 0.5) is 0 Å². The van der Waals surface area contributed by atoms with Gasteiger partial charge in [-0.2, -0.15) is 0 Å². The zero-order valence-electron chi connectivity index (χ0n) is 7.24. The number of nitrogens with zero attached hydrogens (tertiary/aromatic N) is 1. The molecule has 2 rings (SSSR count). The first kappa shape index (κ1) is 8.04.